The van der Waals surface area contributed by atoms with Crippen LogP contribution in [0.15, 0.2) is 60.0 Å². The van der Waals surface area contributed by atoms with Gasteiger partial charge in [-0.3, -0.25) is 9.52 Å². The molecule has 3 aromatic rings. The number of nitrogens with two attached hydrogens (primary N) is 1. The van der Waals surface area contributed by atoms with E-state index in [9.17, 15) is 13.2 Å². The molecular weight excluding hydrogens is 486 g/mol. The third-order valence-corrected chi connectivity index (χ3v) is 6.06. The lowest BCUT2D eigenvalue weighted by Crippen LogP contribution is -2.14. The summed E-state index contributed by atoms with van der Waals surface area (Å²) in [6, 6.07) is 14.1. The molecule has 0 fully saturated rings. The van der Waals surface area contributed by atoms with E-state index in [1.807, 2.05) is 0 Å². The van der Waals surface area contributed by atoms with E-state index in [-0.39, 0.29) is 11.4 Å². The fourth-order valence-electron chi connectivity index (χ4n) is 3.25. The summed E-state index contributed by atoms with van der Waals surface area (Å²) in [6.45, 7) is 0. The van der Waals surface area contributed by atoms with Crippen LogP contribution in [-0.4, -0.2) is 42.8 Å². The van der Waals surface area contributed by atoms with E-state index in [2.05, 4.69) is 10.0 Å². The lowest BCUT2D eigenvalue weighted by atomic mass is 10.1. The van der Waals surface area contributed by atoms with Crippen molar-refractivity contribution in [2.45, 2.75) is 0 Å². The van der Waals surface area contributed by atoms with Crippen molar-refractivity contribution in [1.29, 1.82) is 0 Å². The fourth-order valence-corrected chi connectivity index (χ4v) is 4.09. The molecule has 0 spiro atoms. The van der Waals surface area contributed by atoms with Gasteiger partial charge in [0.2, 0.25) is 0 Å². The van der Waals surface area contributed by atoms with Crippen LogP contribution in [0.2, 0.25) is 0 Å². The van der Waals surface area contributed by atoms with E-state index in [1.54, 1.807) is 36.4 Å². The molecule has 0 unspecified atom stereocenters. The summed E-state index contributed by atoms with van der Waals surface area (Å²) in [7, 11) is 1.89. The molecule has 0 bridgehead atoms. The first-order valence-electron chi connectivity index (χ1n) is 10.6. The Hall–Kier alpha value is -4.38. The minimum atomic E-state index is -3.96. The monoisotopic (exact) mass is 513 g/mol. The van der Waals surface area contributed by atoms with E-state index >= 15 is 0 Å². The largest absolute Gasteiger partial charge is 0.496 e. The van der Waals surface area contributed by atoms with Crippen LogP contribution in [0.5, 0.6) is 23.0 Å². The highest BCUT2D eigenvalue weighted by atomic mass is 32.2. The molecule has 1 amide bonds. The molecular formula is C25H27N3O7S. The van der Waals surface area contributed by atoms with Crippen molar-refractivity contribution in [1.82, 2.24) is 0 Å². The Bertz CT molecular complexity index is 1350. The first-order valence-corrected chi connectivity index (χ1v) is 12.1. The number of carbonyl (C=O) groups excluding carboxylic acids is 1. The van der Waals surface area contributed by atoms with Crippen LogP contribution in [-0.2, 0) is 10.0 Å². The molecule has 0 saturated carbocycles. The average Bonchev–Trinajstić information content (AvgIpc) is 2.87. The van der Waals surface area contributed by atoms with Gasteiger partial charge in [0.25, 0.3) is 15.9 Å². The molecule has 0 aliphatic carbocycles. The Morgan fingerprint density at radius 3 is 2.00 bits per heavy atom. The van der Waals surface area contributed by atoms with Gasteiger partial charge in [-0.1, -0.05) is 0 Å². The predicted molar refractivity (Wildman–Crippen MR) is 139 cm³/mol. The minimum absolute atomic E-state index is 0.210. The maximum atomic E-state index is 12.8. The molecule has 0 aliphatic rings. The number of nitrogens with one attached hydrogen (secondary N) is 2. The van der Waals surface area contributed by atoms with Crippen molar-refractivity contribution in [2.75, 3.05) is 44.2 Å². The number of ether oxygens (including phenoxy) is 4. The van der Waals surface area contributed by atoms with Gasteiger partial charge >= 0.3 is 0 Å². The minimum Gasteiger partial charge on any atom is -0.496 e. The molecule has 0 saturated heterocycles. The Morgan fingerprint density at radius 1 is 0.833 bits per heavy atom. The maximum Gasteiger partial charge on any atom is 0.255 e. The molecule has 36 heavy (non-hydrogen) atoms. The Labute approximate surface area is 209 Å². The number of hydrogen-bond acceptors (Lipinski definition) is 8. The zero-order valence-corrected chi connectivity index (χ0v) is 21.0. The molecule has 4 N–H and O–H groups in total. The number of methoxy groups -OCH3 is 4. The Morgan fingerprint density at radius 2 is 1.44 bits per heavy atom. The summed E-state index contributed by atoms with van der Waals surface area (Å²) in [6.07, 6.45) is 1.35. The molecule has 0 aliphatic heterocycles. The number of benzene rings is 3. The quantitative estimate of drug-likeness (QED) is 0.346. The van der Waals surface area contributed by atoms with Crippen LogP contribution in [0.3, 0.4) is 0 Å². The van der Waals surface area contributed by atoms with Gasteiger partial charge in [0.1, 0.15) is 23.0 Å². The van der Waals surface area contributed by atoms with Crippen LogP contribution >= 0.6 is 0 Å². The zero-order valence-electron chi connectivity index (χ0n) is 20.2. The lowest BCUT2D eigenvalue weighted by Gasteiger charge is -2.14. The van der Waals surface area contributed by atoms with E-state index in [1.165, 1.54) is 52.7 Å². The summed E-state index contributed by atoms with van der Waals surface area (Å²) in [5.41, 5.74) is 7.48. The predicted octanol–water partition coefficient (Wildman–Crippen LogP) is 3.97. The van der Waals surface area contributed by atoms with Crippen LogP contribution in [0, 0.1) is 0 Å². The van der Waals surface area contributed by atoms with E-state index < -0.39 is 15.9 Å². The van der Waals surface area contributed by atoms with Gasteiger partial charge in [-0.25, -0.2) is 8.42 Å². The number of nitrogen functional groups attached to an aromatic ring is 1. The summed E-state index contributed by atoms with van der Waals surface area (Å²) in [4.78, 5) is 12.6. The maximum absolute atomic E-state index is 12.8. The average molecular weight is 514 g/mol. The zero-order chi connectivity index (χ0) is 26.3. The highest BCUT2D eigenvalue weighted by molar-refractivity contribution is 7.95. The molecule has 190 valence electrons. The van der Waals surface area contributed by atoms with Crippen molar-refractivity contribution in [3.63, 3.8) is 0 Å². The number of sulfonamides is 1. The lowest BCUT2D eigenvalue weighted by molar-refractivity contribution is 0.102. The summed E-state index contributed by atoms with van der Waals surface area (Å²) in [5.74, 6) is 1.18. The van der Waals surface area contributed by atoms with Gasteiger partial charge in [0.05, 0.1) is 50.8 Å². The van der Waals surface area contributed by atoms with Crippen LogP contribution in [0.4, 0.5) is 17.1 Å². The second-order valence-electron chi connectivity index (χ2n) is 7.39. The van der Waals surface area contributed by atoms with Crippen molar-refractivity contribution in [3.05, 3.63) is 71.1 Å². The highest BCUT2D eigenvalue weighted by Gasteiger charge is 2.15. The molecule has 10 nitrogen and oxygen atoms in total. The Balaban J connectivity index is 1.85. The SMILES string of the molecule is COc1cc(OC)c(/C=C/S(=O)(=O)Nc2ccc(OC)c(NC(=O)c3ccc(N)cc3)c2)c(OC)c1. The van der Waals surface area contributed by atoms with Crippen LogP contribution in [0.25, 0.3) is 6.08 Å². The summed E-state index contributed by atoms with van der Waals surface area (Å²) >= 11 is 0. The molecule has 0 aromatic heterocycles. The molecule has 0 atom stereocenters. The topological polar surface area (TPSA) is 138 Å². The van der Waals surface area contributed by atoms with Gasteiger partial charge in [-0.15, -0.1) is 0 Å². The van der Waals surface area contributed by atoms with Gasteiger partial charge in [-0.2, -0.15) is 0 Å². The molecule has 11 heteroatoms. The first-order chi connectivity index (χ1) is 17.2. The second kappa shape index (κ2) is 11.4. The molecule has 0 radical (unpaired) electrons. The van der Waals surface area contributed by atoms with E-state index in [0.29, 0.717) is 39.8 Å². The fraction of sp³-hybridized carbons (Fsp3) is 0.160. The van der Waals surface area contributed by atoms with Gasteiger partial charge in [0.15, 0.2) is 0 Å². The number of rotatable bonds is 10. The highest BCUT2D eigenvalue weighted by Crippen LogP contribution is 2.35. The van der Waals surface area contributed by atoms with Gasteiger partial charge < -0.3 is 30.0 Å². The standard InChI is InChI=1S/C25H27N3O7S/c1-32-19-14-23(34-3)20(24(15-19)35-4)11-12-36(30,31)28-18-9-10-22(33-2)21(13-18)27-25(29)16-5-7-17(26)8-6-16/h5-15,28H,26H2,1-4H3,(H,27,29)/b12-11+. The van der Waals surface area contributed by atoms with Crippen molar-refractivity contribution < 1.29 is 32.2 Å². The molecule has 0 heterocycles. The van der Waals surface area contributed by atoms with Crippen LogP contribution < -0.4 is 34.7 Å². The smallest absolute Gasteiger partial charge is 0.255 e. The van der Waals surface area contributed by atoms with Crippen molar-refractivity contribution >= 4 is 39.1 Å². The van der Waals surface area contributed by atoms with Gasteiger partial charge in [0, 0.05) is 23.4 Å². The third-order valence-electron chi connectivity index (χ3n) is 5.05. The van der Waals surface area contributed by atoms with Crippen molar-refractivity contribution in [2.24, 2.45) is 0 Å². The number of anilines is 3. The second-order valence-corrected chi connectivity index (χ2v) is 8.95. The third kappa shape index (κ3) is 6.39. The summed E-state index contributed by atoms with van der Waals surface area (Å²) < 4.78 is 49.3. The number of carbonyl (C=O) groups is 1. The van der Waals surface area contributed by atoms with Crippen LogP contribution in [0.1, 0.15) is 15.9 Å². The van der Waals surface area contributed by atoms with Crippen molar-refractivity contribution in [3.8, 4) is 23.0 Å². The van der Waals surface area contributed by atoms with E-state index in [4.69, 9.17) is 24.7 Å². The first kappa shape index (κ1) is 26.2. The number of amides is 1. The van der Waals surface area contributed by atoms with Gasteiger partial charge in [-0.05, 0) is 48.5 Å². The van der Waals surface area contributed by atoms with E-state index in [0.717, 1.165) is 5.41 Å². The summed E-state index contributed by atoms with van der Waals surface area (Å²) in [5, 5.41) is 3.70. The Kier molecular flexibility index (Phi) is 8.28. The molecule has 3 rings (SSSR count). The number of hydrogen-bond donors (Lipinski definition) is 3. The molecule has 3 aromatic carbocycles. The normalized spacial score (nSPS) is 11.1.